The van der Waals surface area contributed by atoms with E-state index in [-0.39, 0.29) is 10.6 Å². The van der Waals surface area contributed by atoms with Gasteiger partial charge in [-0.05, 0) is 34.5 Å². The lowest BCUT2D eigenvalue weighted by Gasteiger charge is -2.16. The molecular weight excluding hydrogens is 266 g/mol. The van der Waals surface area contributed by atoms with Crippen LogP contribution in [0.2, 0.25) is 5.02 Å². The molecule has 0 amide bonds. The highest BCUT2D eigenvalue weighted by Crippen LogP contribution is 2.28. The fraction of sp³-hybridized carbons (Fsp3) is 0.0909. The predicted octanol–water partition coefficient (Wildman–Crippen LogP) is 3.23. The molecule has 0 bridgehead atoms. The minimum atomic E-state index is -0.668. The third-order valence-electron chi connectivity index (χ3n) is 2.39. The van der Waals surface area contributed by atoms with Crippen molar-refractivity contribution < 1.29 is 8.78 Å². The van der Waals surface area contributed by atoms with Gasteiger partial charge in [-0.3, -0.25) is 5.84 Å². The Hall–Kier alpha value is -1.01. The molecule has 0 aliphatic rings. The number of hydrogen-bond donors (Lipinski definition) is 2. The van der Waals surface area contributed by atoms with Gasteiger partial charge in [0.05, 0.1) is 11.1 Å². The van der Waals surface area contributed by atoms with E-state index in [1.54, 1.807) is 6.07 Å². The summed E-state index contributed by atoms with van der Waals surface area (Å²) < 4.78 is 27.0. The molecule has 2 rings (SSSR count). The van der Waals surface area contributed by atoms with Gasteiger partial charge >= 0.3 is 0 Å². The largest absolute Gasteiger partial charge is 0.271 e. The maximum absolute atomic E-state index is 13.7. The van der Waals surface area contributed by atoms with Crippen LogP contribution in [-0.2, 0) is 0 Å². The molecule has 2 aromatic rings. The van der Waals surface area contributed by atoms with Crippen LogP contribution in [0.1, 0.15) is 17.2 Å². The number of benzene rings is 1. The number of halogens is 3. The zero-order valence-corrected chi connectivity index (χ0v) is 10.2. The zero-order chi connectivity index (χ0) is 12.4. The number of nitrogens with one attached hydrogen (secondary N) is 1. The first-order valence-corrected chi connectivity index (χ1v) is 6.08. The Morgan fingerprint density at radius 3 is 2.65 bits per heavy atom. The average Bonchev–Trinajstić information content (AvgIpc) is 2.80. The molecule has 0 fully saturated rings. The fourth-order valence-electron chi connectivity index (χ4n) is 1.56. The van der Waals surface area contributed by atoms with Gasteiger partial charge in [-0.25, -0.2) is 14.2 Å². The Morgan fingerprint density at radius 1 is 1.29 bits per heavy atom. The number of hydrazine groups is 1. The second kappa shape index (κ2) is 5.10. The van der Waals surface area contributed by atoms with E-state index in [0.717, 1.165) is 17.7 Å². The lowest BCUT2D eigenvalue weighted by molar-refractivity contribution is 0.546. The van der Waals surface area contributed by atoms with E-state index in [4.69, 9.17) is 17.4 Å². The van der Waals surface area contributed by atoms with E-state index in [1.807, 2.05) is 10.8 Å². The molecule has 1 aromatic heterocycles. The first-order chi connectivity index (χ1) is 8.13. The van der Waals surface area contributed by atoms with Gasteiger partial charge in [-0.1, -0.05) is 11.6 Å². The molecule has 1 unspecified atom stereocenters. The zero-order valence-electron chi connectivity index (χ0n) is 8.58. The first kappa shape index (κ1) is 12.4. The molecule has 2 nitrogen and oxygen atoms in total. The summed E-state index contributed by atoms with van der Waals surface area (Å²) in [6, 6.07) is 3.21. The first-order valence-electron chi connectivity index (χ1n) is 4.76. The second-order valence-electron chi connectivity index (χ2n) is 3.44. The molecule has 90 valence electrons. The molecule has 3 N–H and O–H groups in total. The van der Waals surface area contributed by atoms with Crippen LogP contribution in [0, 0.1) is 11.6 Å². The van der Waals surface area contributed by atoms with E-state index >= 15 is 0 Å². The van der Waals surface area contributed by atoms with Gasteiger partial charge in [0.15, 0.2) is 0 Å². The van der Waals surface area contributed by atoms with Crippen molar-refractivity contribution in [1.82, 2.24) is 5.43 Å². The number of thiophene rings is 1. The highest BCUT2D eigenvalue weighted by atomic mass is 35.5. The maximum Gasteiger partial charge on any atom is 0.142 e. The molecule has 0 aliphatic carbocycles. The molecule has 0 saturated heterocycles. The minimum absolute atomic E-state index is 0.132. The highest BCUT2D eigenvalue weighted by molar-refractivity contribution is 7.08. The summed E-state index contributed by atoms with van der Waals surface area (Å²) >= 11 is 6.95. The molecule has 6 heteroatoms. The van der Waals surface area contributed by atoms with Crippen molar-refractivity contribution in [2.45, 2.75) is 6.04 Å². The summed E-state index contributed by atoms with van der Waals surface area (Å²) in [7, 11) is 0. The Labute approximate surface area is 106 Å². The van der Waals surface area contributed by atoms with Gasteiger partial charge in [0.2, 0.25) is 0 Å². The molecular formula is C11H9ClF2N2S. The van der Waals surface area contributed by atoms with Crippen LogP contribution in [0.4, 0.5) is 8.78 Å². The van der Waals surface area contributed by atoms with E-state index in [1.165, 1.54) is 11.3 Å². The van der Waals surface area contributed by atoms with Crippen LogP contribution >= 0.6 is 22.9 Å². The van der Waals surface area contributed by atoms with Crippen LogP contribution in [0.3, 0.4) is 0 Å². The molecule has 0 spiro atoms. The molecule has 1 heterocycles. The van der Waals surface area contributed by atoms with Gasteiger partial charge in [0.1, 0.15) is 11.6 Å². The van der Waals surface area contributed by atoms with Crippen LogP contribution in [-0.4, -0.2) is 0 Å². The van der Waals surface area contributed by atoms with E-state index < -0.39 is 17.7 Å². The van der Waals surface area contributed by atoms with Gasteiger partial charge in [0.25, 0.3) is 0 Å². The standard InChI is InChI=1S/C11H9ClF2N2S/c12-8-4-9(13)7(3-10(8)14)11(16-15)6-1-2-17-5-6/h1-5,11,16H,15H2. The fourth-order valence-corrected chi connectivity index (χ4v) is 2.40. The average molecular weight is 275 g/mol. The quantitative estimate of drug-likeness (QED) is 0.512. The van der Waals surface area contributed by atoms with Crippen molar-refractivity contribution in [1.29, 1.82) is 0 Å². The topological polar surface area (TPSA) is 38.0 Å². The van der Waals surface area contributed by atoms with E-state index in [0.29, 0.717) is 0 Å². The molecule has 1 atom stereocenters. The van der Waals surface area contributed by atoms with Crippen molar-refractivity contribution >= 4 is 22.9 Å². The number of nitrogens with two attached hydrogens (primary N) is 1. The Balaban J connectivity index is 2.48. The van der Waals surface area contributed by atoms with Crippen molar-refractivity contribution in [2.75, 3.05) is 0 Å². The number of rotatable bonds is 3. The molecule has 0 saturated carbocycles. The minimum Gasteiger partial charge on any atom is -0.271 e. The summed E-state index contributed by atoms with van der Waals surface area (Å²) in [5, 5.41) is 3.41. The summed E-state index contributed by atoms with van der Waals surface area (Å²) in [5.41, 5.74) is 3.37. The molecule has 0 radical (unpaired) electrons. The summed E-state index contributed by atoms with van der Waals surface area (Å²) in [4.78, 5) is 0. The smallest absolute Gasteiger partial charge is 0.142 e. The van der Waals surface area contributed by atoms with Gasteiger partial charge < -0.3 is 0 Å². The van der Waals surface area contributed by atoms with Crippen LogP contribution < -0.4 is 11.3 Å². The highest BCUT2D eigenvalue weighted by Gasteiger charge is 2.19. The van der Waals surface area contributed by atoms with Gasteiger partial charge in [-0.15, -0.1) is 0 Å². The third kappa shape index (κ3) is 2.47. The van der Waals surface area contributed by atoms with Crippen LogP contribution in [0.15, 0.2) is 29.0 Å². The summed E-state index contributed by atoms with van der Waals surface area (Å²) in [6.45, 7) is 0. The van der Waals surface area contributed by atoms with Gasteiger partial charge in [-0.2, -0.15) is 11.3 Å². The molecule has 1 aromatic carbocycles. The molecule has 0 aliphatic heterocycles. The number of hydrogen-bond acceptors (Lipinski definition) is 3. The lowest BCUT2D eigenvalue weighted by Crippen LogP contribution is -2.29. The Morgan fingerprint density at radius 2 is 2.06 bits per heavy atom. The summed E-state index contributed by atoms with van der Waals surface area (Å²) in [5.74, 6) is 4.13. The van der Waals surface area contributed by atoms with Crippen molar-refractivity contribution in [2.24, 2.45) is 5.84 Å². The third-order valence-corrected chi connectivity index (χ3v) is 3.38. The SMILES string of the molecule is NNC(c1ccsc1)c1cc(F)c(Cl)cc1F. The van der Waals surface area contributed by atoms with E-state index in [9.17, 15) is 8.78 Å². The Kier molecular flexibility index (Phi) is 3.73. The second-order valence-corrected chi connectivity index (χ2v) is 4.63. The van der Waals surface area contributed by atoms with Crippen LogP contribution in [0.5, 0.6) is 0 Å². The van der Waals surface area contributed by atoms with Gasteiger partial charge in [0, 0.05) is 5.56 Å². The summed E-state index contributed by atoms with van der Waals surface area (Å²) in [6.07, 6.45) is 0. The van der Waals surface area contributed by atoms with Crippen LogP contribution in [0.25, 0.3) is 0 Å². The van der Waals surface area contributed by atoms with Crippen molar-refractivity contribution in [3.8, 4) is 0 Å². The monoisotopic (exact) mass is 274 g/mol. The predicted molar refractivity (Wildman–Crippen MR) is 64.9 cm³/mol. The normalized spacial score (nSPS) is 12.7. The lowest BCUT2D eigenvalue weighted by atomic mass is 10.0. The van der Waals surface area contributed by atoms with E-state index in [2.05, 4.69) is 5.43 Å². The Bertz CT molecular complexity index is 516. The molecule has 17 heavy (non-hydrogen) atoms. The van der Waals surface area contributed by atoms with Crippen molar-refractivity contribution in [3.05, 3.63) is 56.7 Å². The van der Waals surface area contributed by atoms with Crippen molar-refractivity contribution in [3.63, 3.8) is 0 Å². The maximum atomic E-state index is 13.7.